The van der Waals surface area contributed by atoms with Crippen LogP contribution in [0.5, 0.6) is 0 Å². The quantitative estimate of drug-likeness (QED) is 0.655. The van der Waals surface area contributed by atoms with Crippen LogP contribution in [0.3, 0.4) is 0 Å². The first-order chi connectivity index (χ1) is 9.15. The van der Waals surface area contributed by atoms with Gasteiger partial charge in [-0.1, -0.05) is 50.1 Å². The molecule has 106 valence electrons. The van der Waals surface area contributed by atoms with Gasteiger partial charge in [-0.05, 0) is 25.8 Å². The molecule has 1 aliphatic heterocycles. The van der Waals surface area contributed by atoms with Crippen LogP contribution in [0.15, 0.2) is 36.0 Å². The summed E-state index contributed by atoms with van der Waals surface area (Å²) >= 11 is 0. The van der Waals surface area contributed by atoms with Crippen molar-refractivity contribution in [2.24, 2.45) is 0 Å². The summed E-state index contributed by atoms with van der Waals surface area (Å²) < 4.78 is 12.3. The van der Waals surface area contributed by atoms with Crippen molar-refractivity contribution in [2.45, 2.75) is 70.9 Å². The van der Waals surface area contributed by atoms with Gasteiger partial charge >= 0.3 is 0 Å². The fraction of sp³-hybridized carbons (Fsp3) is 0.647. The smallest absolute Gasteiger partial charge is 0.172 e. The molecule has 1 saturated heterocycles. The molecule has 19 heavy (non-hydrogen) atoms. The lowest BCUT2D eigenvalue weighted by Gasteiger charge is -2.27. The molecule has 2 atom stereocenters. The van der Waals surface area contributed by atoms with E-state index in [0.717, 1.165) is 12.8 Å². The molecule has 0 bridgehead atoms. The first kappa shape index (κ1) is 14.5. The predicted molar refractivity (Wildman–Crippen MR) is 78.9 cm³/mol. The van der Waals surface area contributed by atoms with Crippen LogP contribution in [0.25, 0.3) is 0 Å². The Morgan fingerprint density at radius 3 is 2.32 bits per heavy atom. The fourth-order valence-corrected chi connectivity index (χ4v) is 2.66. The molecular weight excluding hydrogens is 236 g/mol. The van der Waals surface area contributed by atoms with Crippen LogP contribution in [0.1, 0.15) is 52.9 Å². The van der Waals surface area contributed by atoms with Gasteiger partial charge in [0.05, 0.1) is 12.2 Å². The third-order valence-corrected chi connectivity index (χ3v) is 3.96. The molecule has 0 amide bonds. The van der Waals surface area contributed by atoms with Gasteiger partial charge in [0, 0.05) is 12.8 Å². The lowest BCUT2D eigenvalue weighted by atomic mass is 10.0. The minimum absolute atomic E-state index is 0.190. The second kappa shape index (κ2) is 6.53. The summed E-state index contributed by atoms with van der Waals surface area (Å²) in [4.78, 5) is 0. The molecule has 0 aromatic heterocycles. The van der Waals surface area contributed by atoms with Crippen molar-refractivity contribution in [1.82, 2.24) is 0 Å². The molecule has 2 rings (SSSR count). The van der Waals surface area contributed by atoms with E-state index in [9.17, 15) is 0 Å². The summed E-state index contributed by atoms with van der Waals surface area (Å²) in [5.74, 6) is -0.398. The van der Waals surface area contributed by atoms with Gasteiger partial charge in [0.15, 0.2) is 5.79 Å². The van der Waals surface area contributed by atoms with Crippen LogP contribution in [0.2, 0.25) is 0 Å². The van der Waals surface area contributed by atoms with Crippen molar-refractivity contribution < 1.29 is 9.47 Å². The van der Waals surface area contributed by atoms with Gasteiger partial charge in [0.25, 0.3) is 0 Å². The third-order valence-electron chi connectivity index (χ3n) is 3.96. The molecule has 0 aromatic carbocycles. The van der Waals surface area contributed by atoms with Crippen molar-refractivity contribution in [3.63, 3.8) is 0 Å². The Bertz CT molecular complexity index is 355. The molecule has 1 aliphatic carbocycles. The monoisotopic (exact) mass is 262 g/mol. The SMILES string of the molecule is CCCCCC1(CC=C2C=CC=C2)O[C@@H](C)[C@H](C)O1. The minimum atomic E-state index is -0.398. The summed E-state index contributed by atoms with van der Waals surface area (Å²) in [6.45, 7) is 6.44. The molecule has 2 aliphatic rings. The largest absolute Gasteiger partial charge is 0.344 e. The maximum atomic E-state index is 6.15. The molecule has 0 aromatic rings. The summed E-state index contributed by atoms with van der Waals surface area (Å²) in [6, 6.07) is 0. The Morgan fingerprint density at radius 1 is 1.11 bits per heavy atom. The van der Waals surface area contributed by atoms with Crippen LogP contribution in [0, 0.1) is 0 Å². The Balaban J connectivity index is 2.00. The molecule has 0 unspecified atom stereocenters. The molecular formula is C17H26O2. The van der Waals surface area contributed by atoms with Gasteiger partial charge in [-0.2, -0.15) is 0 Å². The summed E-state index contributed by atoms with van der Waals surface area (Å²) in [7, 11) is 0. The molecule has 1 heterocycles. The zero-order valence-corrected chi connectivity index (χ0v) is 12.4. The summed E-state index contributed by atoms with van der Waals surface area (Å²) in [5.41, 5.74) is 1.26. The number of rotatable bonds is 6. The van der Waals surface area contributed by atoms with E-state index >= 15 is 0 Å². The van der Waals surface area contributed by atoms with E-state index in [-0.39, 0.29) is 12.2 Å². The topological polar surface area (TPSA) is 18.5 Å². The normalized spacial score (nSPS) is 28.3. The van der Waals surface area contributed by atoms with Crippen molar-refractivity contribution in [1.29, 1.82) is 0 Å². The molecule has 0 radical (unpaired) electrons. The minimum Gasteiger partial charge on any atom is -0.344 e. The maximum Gasteiger partial charge on any atom is 0.172 e. The number of hydrogen-bond donors (Lipinski definition) is 0. The van der Waals surface area contributed by atoms with E-state index in [4.69, 9.17) is 9.47 Å². The van der Waals surface area contributed by atoms with E-state index in [2.05, 4.69) is 51.2 Å². The lowest BCUT2D eigenvalue weighted by molar-refractivity contribution is -0.176. The van der Waals surface area contributed by atoms with Crippen molar-refractivity contribution in [2.75, 3.05) is 0 Å². The zero-order valence-electron chi connectivity index (χ0n) is 12.4. The van der Waals surface area contributed by atoms with Crippen LogP contribution >= 0.6 is 0 Å². The lowest BCUT2D eigenvalue weighted by Crippen LogP contribution is -2.30. The van der Waals surface area contributed by atoms with Crippen molar-refractivity contribution in [3.05, 3.63) is 36.0 Å². The molecule has 0 spiro atoms. The number of allylic oxidation sites excluding steroid dienone is 5. The van der Waals surface area contributed by atoms with E-state index in [1.165, 1.54) is 24.8 Å². The van der Waals surface area contributed by atoms with E-state index in [1.807, 2.05) is 0 Å². The highest BCUT2D eigenvalue weighted by Crippen LogP contribution is 2.36. The molecule has 1 fully saturated rings. The number of ether oxygens (including phenoxy) is 2. The van der Waals surface area contributed by atoms with Gasteiger partial charge in [-0.25, -0.2) is 0 Å². The average Bonchev–Trinajstić information content (AvgIpc) is 2.98. The Morgan fingerprint density at radius 2 is 1.74 bits per heavy atom. The molecule has 0 N–H and O–H groups in total. The standard InChI is InChI=1S/C17H26O2/c1-4-5-8-12-17(18-14(2)15(3)19-17)13-11-16-9-6-7-10-16/h6-7,9-11,14-15H,4-5,8,12-13H2,1-3H3/t14-,15-/m0/s1. The first-order valence-corrected chi connectivity index (χ1v) is 7.56. The van der Waals surface area contributed by atoms with Gasteiger partial charge in [-0.15, -0.1) is 0 Å². The maximum absolute atomic E-state index is 6.15. The molecule has 2 nitrogen and oxygen atoms in total. The van der Waals surface area contributed by atoms with Gasteiger partial charge in [0.2, 0.25) is 0 Å². The Labute approximate surface area is 117 Å². The van der Waals surface area contributed by atoms with E-state index < -0.39 is 5.79 Å². The number of hydrogen-bond acceptors (Lipinski definition) is 2. The molecule has 0 saturated carbocycles. The van der Waals surface area contributed by atoms with Crippen LogP contribution in [-0.2, 0) is 9.47 Å². The first-order valence-electron chi connectivity index (χ1n) is 7.56. The van der Waals surface area contributed by atoms with Crippen LogP contribution < -0.4 is 0 Å². The zero-order chi connectivity index (χ0) is 13.7. The molecule has 2 heteroatoms. The highest BCUT2D eigenvalue weighted by atomic mass is 16.8. The number of unbranched alkanes of at least 4 members (excludes halogenated alkanes) is 2. The Hall–Kier alpha value is -0.860. The summed E-state index contributed by atoms with van der Waals surface area (Å²) in [5, 5.41) is 0. The third kappa shape index (κ3) is 3.80. The second-order valence-electron chi connectivity index (χ2n) is 5.64. The van der Waals surface area contributed by atoms with Gasteiger partial charge in [0.1, 0.15) is 0 Å². The van der Waals surface area contributed by atoms with Gasteiger partial charge < -0.3 is 9.47 Å². The van der Waals surface area contributed by atoms with Crippen molar-refractivity contribution in [3.8, 4) is 0 Å². The van der Waals surface area contributed by atoms with Crippen LogP contribution in [0.4, 0.5) is 0 Å². The van der Waals surface area contributed by atoms with Crippen molar-refractivity contribution >= 4 is 0 Å². The highest BCUT2D eigenvalue weighted by Gasteiger charge is 2.42. The Kier molecular flexibility index (Phi) is 5.00. The van der Waals surface area contributed by atoms with Crippen LogP contribution in [-0.4, -0.2) is 18.0 Å². The van der Waals surface area contributed by atoms with Gasteiger partial charge in [-0.3, -0.25) is 0 Å². The average molecular weight is 262 g/mol. The predicted octanol–water partition coefficient (Wildman–Crippen LogP) is 4.53. The van der Waals surface area contributed by atoms with E-state index in [0.29, 0.717) is 0 Å². The second-order valence-corrected chi connectivity index (χ2v) is 5.64. The highest BCUT2D eigenvalue weighted by molar-refractivity contribution is 5.39. The fourth-order valence-electron chi connectivity index (χ4n) is 2.66. The van der Waals surface area contributed by atoms with E-state index in [1.54, 1.807) is 0 Å². The summed E-state index contributed by atoms with van der Waals surface area (Å²) in [6.07, 6.45) is 16.5.